The fourth-order valence-corrected chi connectivity index (χ4v) is 3.60. The number of thiocarbonyl (C=S) groups is 1. The number of likely N-dealkylation sites (N-methyl/N-ethyl adjacent to an activating group) is 2. The Kier molecular flexibility index (Phi) is 5.96. The average Bonchev–Trinajstić information content (AvgIpc) is 2.80. The molecule has 1 aliphatic heterocycles. The predicted octanol–water partition coefficient (Wildman–Crippen LogP) is 5.26. The number of hydrogen-bond acceptors (Lipinski definition) is 3. The zero-order chi connectivity index (χ0) is 19.7. The minimum Gasteiger partial charge on any atom is -0.486 e. The van der Waals surface area contributed by atoms with Gasteiger partial charge in [0.05, 0.1) is 10.0 Å². The lowest BCUT2D eigenvalue weighted by Crippen LogP contribution is -2.26. The summed E-state index contributed by atoms with van der Waals surface area (Å²) < 4.78 is 5.76. The van der Waals surface area contributed by atoms with E-state index in [9.17, 15) is 4.79 Å². The van der Waals surface area contributed by atoms with Gasteiger partial charge in [-0.25, -0.2) is 0 Å². The molecule has 2 aromatic rings. The third-order valence-electron chi connectivity index (χ3n) is 4.11. The van der Waals surface area contributed by atoms with Crippen LogP contribution in [0.4, 0.5) is 0 Å². The zero-order valence-electron chi connectivity index (χ0n) is 14.5. The highest BCUT2D eigenvalue weighted by Crippen LogP contribution is 2.36. The van der Waals surface area contributed by atoms with Gasteiger partial charge in [0.1, 0.15) is 12.3 Å². The summed E-state index contributed by atoms with van der Waals surface area (Å²) in [7, 11) is 3.37. The van der Waals surface area contributed by atoms with Gasteiger partial charge in [-0.1, -0.05) is 53.0 Å². The van der Waals surface area contributed by atoms with E-state index in [0.717, 1.165) is 5.56 Å². The van der Waals surface area contributed by atoms with Crippen LogP contribution in [0.5, 0.6) is 5.75 Å². The minimum atomic E-state index is -0.186. The Morgan fingerprint density at radius 2 is 1.67 bits per heavy atom. The van der Waals surface area contributed by atoms with Crippen molar-refractivity contribution >= 4 is 64.1 Å². The van der Waals surface area contributed by atoms with Gasteiger partial charge in [0.25, 0.3) is 5.91 Å². The molecule has 0 saturated carbocycles. The number of nitrogens with zero attached hydrogens (tertiary/aromatic N) is 2. The van der Waals surface area contributed by atoms with Crippen LogP contribution >= 0.6 is 47.0 Å². The normalized spacial score (nSPS) is 15.8. The summed E-state index contributed by atoms with van der Waals surface area (Å²) in [5.41, 5.74) is 1.94. The maximum absolute atomic E-state index is 12.3. The summed E-state index contributed by atoms with van der Waals surface area (Å²) >= 11 is 24.0. The first kappa shape index (κ1) is 20.0. The van der Waals surface area contributed by atoms with E-state index in [1.165, 1.54) is 4.90 Å². The van der Waals surface area contributed by atoms with Crippen molar-refractivity contribution in [3.63, 3.8) is 0 Å². The van der Waals surface area contributed by atoms with Crippen LogP contribution in [0.1, 0.15) is 11.1 Å². The molecule has 1 amide bonds. The Bertz CT molecular complexity index is 939. The number of amides is 1. The molecule has 27 heavy (non-hydrogen) atoms. The average molecular weight is 442 g/mol. The zero-order valence-corrected chi connectivity index (χ0v) is 17.6. The fourth-order valence-electron chi connectivity index (χ4n) is 2.61. The van der Waals surface area contributed by atoms with Gasteiger partial charge in [-0.15, -0.1) is 0 Å². The van der Waals surface area contributed by atoms with Gasteiger partial charge in [-0.2, -0.15) is 0 Å². The van der Waals surface area contributed by atoms with Gasteiger partial charge in [0.15, 0.2) is 10.9 Å². The van der Waals surface area contributed by atoms with E-state index in [0.29, 0.717) is 37.2 Å². The Balaban J connectivity index is 1.85. The molecule has 0 radical (unpaired) electrons. The molecule has 0 aromatic heterocycles. The number of halogens is 3. The number of ether oxygens (including phenoxy) is 1. The van der Waals surface area contributed by atoms with Crippen LogP contribution in [-0.2, 0) is 11.4 Å². The van der Waals surface area contributed by atoms with E-state index < -0.39 is 0 Å². The van der Waals surface area contributed by atoms with Gasteiger partial charge < -0.3 is 9.64 Å². The van der Waals surface area contributed by atoms with Crippen molar-refractivity contribution < 1.29 is 9.53 Å². The Morgan fingerprint density at radius 1 is 1.04 bits per heavy atom. The van der Waals surface area contributed by atoms with Crippen LogP contribution in [0.25, 0.3) is 6.08 Å². The molecule has 2 aromatic carbocycles. The highest BCUT2D eigenvalue weighted by molar-refractivity contribution is 7.80. The molecule has 0 N–H and O–H groups in total. The lowest BCUT2D eigenvalue weighted by molar-refractivity contribution is -0.121. The van der Waals surface area contributed by atoms with Gasteiger partial charge >= 0.3 is 0 Å². The summed E-state index contributed by atoms with van der Waals surface area (Å²) in [4.78, 5) is 15.3. The molecule has 1 saturated heterocycles. The molecule has 1 fully saturated rings. The first-order valence-corrected chi connectivity index (χ1v) is 9.46. The number of rotatable bonds is 4. The molecule has 3 rings (SSSR count). The van der Waals surface area contributed by atoms with E-state index >= 15 is 0 Å². The Hall–Kier alpha value is -1.79. The minimum absolute atomic E-state index is 0.186. The molecule has 0 bridgehead atoms. The van der Waals surface area contributed by atoms with E-state index in [2.05, 4.69) is 0 Å². The topological polar surface area (TPSA) is 32.8 Å². The van der Waals surface area contributed by atoms with E-state index in [4.69, 9.17) is 51.8 Å². The lowest BCUT2D eigenvalue weighted by atomic mass is 10.1. The second-order valence-electron chi connectivity index (χ2n) is 5.93. The summed E-state index contributed by atoms with van der Waals surface area (Å²) in [5.74, 6) is 0.174. The highest BCUT2D eigenvalue weighted by atomic mass is 35.5. The van der Waals surface area contributed by atoms with Crippen molar-refractivity contribution in [1.29, 1.82) is 0 Å². The van der Waals surface area contributed by atoms with Crippen LogP contribution in [0.3, 0.4) is 0 Å². The second kappa shape index (κ2) is 8.07. The number of benzene rings is 2. The monoisotopic (exact) mass is 440 g/mol. The number of hydrogen-bond donors (Lipinski definition) is 0. The van der Waals surface area contributed by atoms with Crippen LogP contribution in [0.15, 0.2) is 42.1 Å². The first-order valence-electron chi connectivity index (χ1n) is 7.92. The fraction of sp³-hybridized carbons (Fsp3) is 0.158. The molecule has 140 valence electrons. The Labute approximate surface area is 177 Å². The van der Waals surface area contributed by atoms with E-state index in [1.54, 1.807) is 43.3 Å². The van der Waals surface area contributed by atoms with Crippen molar-refractivity contribution in [1.82, 2.24) is 9.80 Å². The maximum atomic E-state index is 12.3. The molecule has 4 nitrogen and oxygen atoms in total. The maximum Gasteiger partial charge on any atom is 0.276 e. The van der Waals surface area contributed by atoms with E-state index in [1.807, 2.05) is 18.2 Å². The molecule has 0 atom stereocenters. The first-order chi connectivity index (χ1) is 12.8. The highest BCUT2D eigenvalue weighted by Gasteiger charge is 2.32. The van der Waals surface area contributed by atoms with Crippen LogP contribution in [-0.4, -0.2) is 34.9 Å². The molecule has 1 heterocycles. The molecular formula is C19H15Cl3N2O2S. The van der Waals surface area contributed by atoms with Crippen molar-refractivity contribution in [3.8, 4) is 5.75 Å². The van der Waals surface area contributed by atoms with Gasteiger partial charge in [0, 0.05) is 24.7 Å². The second-order valence-corrected chi connectivity index (χ2v) is 7.52. The lowest BCUT2D eigenvalue weighted by Gasteiger charge is -2.13. The van der Waals surface area contributed by atoms with Crippen LogP contribution < -0.4 is 4.74 Å². The smallest absolute Gasteiger partial charge is 0.276 e. The van der Waals surface area contributed by atoms with E-state index in [-0.39, 0.29) is 12.5 Å². The van der Waals surface area contributed by atoms with Gasteiger partial charge in [-0.05, 0) is 42.1 Å². The molecule has 8 heteroatoms. The molecular weight excluding hydrogens is 427 g/mol. The summed E-state index contributed by atoms with van der Waals surface area (Å²) in [6.45, 7) is 0.236. The van der Waals surface area contributed by atoms with Gasteiger partial charge in [-0.3, -0.25) is 9.69 Å². The Morgan fingerprint density at radius 3 is 2.22 bits per heavy atom. The SMILES string of the molecule is CN1C(=O)/C(=C/c2cc(Cl)c(OCc3ccccc3Cl)c(Cl)c2)N(C)C1=S. The molecule has 0 unspecified atom stereocenters. The molecule has 1 aliphatic rings. The summed E-state index contributed by atoms with van der Waals surface area (Å²) in [6, 6.07) is 10.7. The third-order valence-corrected chi connectivity index (χ3v) is 5.59. The third kappa shape index (κ3) is 4.06. The number of carbonyl (C=O) groups is 1. The standard InChI is InChI=1S/C19H15Cl3N2O2S/c1-23-16(18(25)24(2)19(23)27)9-11-7-14(21)17(15(22)8-11)26-10-12-5-3-4-6-13(12)20/h3-9H,10H2,1-2H3/b16-9-. The predicted molar refractivity (Wildman–Crippen MR) is 113 cm³/mol. The summed E-state index contributed by atoms with van der Waals surface area (Å²) in [6.07, 6.45) is 1.69. The van der Waals surface area contributed by atoms with Crippen molar-refractivity contribution in [2.45, 2.75) is 6.61 Å². The number of carbonyl (C=O) groups excluding carboxylic acids is 1. The van der Waals surface area contributed by atoms with Crippen molar-refractivity contribution in [2.75, 3.05) is 14.1 Å². The van der Waals surface area contributed by atoms with Crippen LogP contribution in [0, 0.1) is 0 Å². The van der Waals surface area contributed by atoms with Crippen LogP contribution in [0.2, 0.25) is 15.1 Å². The molecule has 0 spiro atoms. The summed E-state index contributed by atoms with van der Waals surface area (Å²) in [5, 5.41) is 1.72. The molecule has 0 aliphatic carbocycles. The van der Waals surface area contributed by atoms with Crippen molar-refractivity contribution in [3.05, 3.63) is 68.3 Å². The van der Waals surface area contributed by atoms with Gasteiger partial charge in [0.2, 0.25) is 0 Å². The largest absolute Gasteiger partial charge is 0.486 e. The van der Waals surface area contributed by atoms with Crippen molar-refractivity contribution in [2.24, 2.45) is 0 Å². The quantitative estimate of drug-likeness (QED) is 0.479.